The predicted octanol–water partition coefficient (Wildman–Crippen LogP) is 1.27. The van der Waals surface area contributed by atoms with Gasteiger partial charge >= 0.3 is 0 Å². The molecular formula is C15H22N4. The van der Waals surface area contributed by atoms with Crippen LogP contribution >= 0.6 is 0 Å². The van der Waals surface area contributed by atoms with Crippen LogP contribution in [0.3, 0.4) is 0 Å². The van der Waals surface area contributed by atoms with Gasteiger partial charge < -0.3 is 15.5 Å². The maximum Gasteiger partial charge on any atom is 0.0992 e. The van der Waals surface area contributed by atoms with E-state index in [2.05, 4.69) is 35.9 Å². The fraction of sp³-hybridized carbons (Fsp3) is 0.533. The van der Waals surface area contributed by atoms with E-state index in [-0.39, 0.29) is 0 Å². The highest BCUT2D eigenvalue weighted by Gasteiger charge is 2.25. The third-order valence-electron chi connectivity index (χ3n) is 3.80. The molecule has 0 saturated carbocycles. The Morgan fingerprint density at radius 1 is 1.37 bits per heavy atom. The van der Waals surface area contributed by atoms with E-state index in [0.717, 1.165) is 25.3 Å². The molecule has 1 aliphatic heterocycles. The van der Waals surface area contributed by atoms with Gasteiger partial charge in [0.1, 0.15) is 0 Å². The van der Waals surface area contributed by atoms with Gasteiger partial charge in [0, 0.05) is 37.9 Å². The Bertz CT molecular complexity index is 465. The second-order valence-corrected chi connectivity index (χ2v) is 5.50. The van der Waals surface area contributed by atoms with E-state index in [1.807, 2.05) is 18.2 Å². The minimum atomic E-state index is 0.371. The fourth-order valence-electron chi connectivity index (χ4n) is 2.78. The van der Waals surface area contributed by atoms with Crippen LogP contribution < -0.4 is 10.6 Å². The molecule has 0 amide bonds. The van der Waals surface area contributed by atoms with Crippen molar-refractivity contribution in [3.63, 3.8) is 0 Å². The summed E-state index contributed by atoms with van der Waals surface area (Å²) in [7, 11) is 2.14. The molecule has 1 aliphatic rings. The highest BCUT2D eigenvalue weighted by molar-refractivity contribution is 5.51. The Hall–Kier alpha value is -1.57. The molecule has 1 fully saturated rings. The first-order valence-electron chi connectivity index (χ1n) is 6.79. The van der Waals surface area contributed by atoms with Crippen molar-refractivity contribution in [3.05, 3.63) is 29.8 Å². The first-order valence-corrected chi connectivity index (χ1v) is 6.79. The maximum absolute atomic E-state index is 9.01. The second-order valence-electron chi connectivity index (χ2n) is 5.50. The smallest absolute Gasteiger partial charge is 0.0992 e. The third kappa shape index (κ3) is 3.25. The van der Waals surface area contributed by atoms with Crippen molar-refractivity contribution in [3.8, 4) is 6.07 Å². The molecule has 1 aromatic rings. The SMILES string of the molecule is CC1CN(c2cccc(C#N)c2)CC(CN)N(C)C1. The molecule has 102 valence electrons. The lowest BCUT2D eigenvalue weighted by Gasteiger charge is -2.29. The van der Waals surface area contributed by atoms with Crippen molar-refractivity contribution >= 4 is 5.69 Å². The number of nitrogens with zero attached hydrogens (tertiary/aromatic N) is 3. The van der Waals surface area contributed by atoms with Gasteiger partial charge in [0.05, 0.1) is 11.6 Å². The topological polar surface area (TPSA) is 56.3 Å². The molecule has 1 heterocycles. The zero-order valence-electron chi connectivity index (χ0n) is 11.7. The minimum Gasteiger partial charge on any atom is -0.370 e. The van der Waals surface area contributed by atoms with E-state index < -0.39 is 0 Å². The average molecular weight is 258 g/mol. The molecule has 2 rings (SSSR count). The lowest BCUT2D eigenvalue weighted by Crippen LogP contribution is -2.43. The molecule has 2 unspecified atom stereocenters. The van der Waals surface area contributed by atoms with Crippen LogP contribution in [0.1, 0.15) is 12.5 Å². The molecule has 2 atom stereocenters. The number of hydrogen-bond acceptors (Lipinski definition) is 4. The van der Waals surface area contributed by atoms with E-state index in [1.54, 1.807) is 0 Å². The zero-order chi connectivity index (χ0) is 13.8. The third-order valence-corrected chi connectivity index (χ3v) is 3.80. The highest BCUT2D eigenvalue weighted by Crippen LogP contribution is 2.21. The molecule has 2 N–H and O–H groups in total. The van der Waals surface area contributed by atoms with Crippen LogP contribution in [0.4, 0.5) is 5.69 Å². The molecule has 19 heavy (non-hydrogen) atoms. The summed E-state index contributed by atoms with van der Waals surface area (Å²) in [5.41, 5.74) is 7.72. The van der Waals surface area contributed by atoms with Gasteiger partial charge in [-0.05, 0) is 31.2 Å². The van der Waals surface area contributed by atoms with Crippen LogP contribution in [0.25, 0.3) is 0 Å². The van der Waals surface area contributed by atoms with E-state index in [4.69, 9.17) is 11.0 Å². The first kappa shape index (κ1) is 13.9. The number of benzene rings is 1. The van der Waals surface area contributed by atoms with Crippen LogP contribution in [0.5, 0.6) is 0 Å². The molecule has 0 spiro atoms. The lowest BCUT2D eigenvalue weighted by atomic mass is 10.1. The van der Waals surface area contributed by atoms with Gasteiger partial charge in [0.25, 0.3) is 0 Å². The van der Waals surface area contributed by atoms with Gasteiger partial charge in [-0.15, -0.1) is 0 Å². The van der Waals surface area contributed by atoms with E-state index in [0.29, 0.717) is 24.1 Å². The van der Waals surface area contributed by atoms with E-state index in [9.17, 15) is 0 Å². The Morgan fingerprint density at radius 3 is 2.84 bits per heavy atom. The molecule has 4 heteroatoms. The Morgan fingerprint density at radius 2 is 2.16 bits per heavy atom. The lowest BCUT2D eigenvalue weighted by molar-refractivity contribution is 0.244. The van der Waals surface area contributed by atoms with Gasteiger partial charge in [-0.2, -0.15) is 5.26 Å². The van der Waals surface area contributed by atoms with Crippen LogP contribution in [-0.4, -0.2) is 44.2 Å². The van der Waals surface area contributed by atoms with E-state index >= 15 is 0 Å². The fourth-order valence-corrected chi connectivity index (χ4v) is 2.78. The van der Waals surface area contributed by atoms with Crippen molar-refractivity contribution in [2.45, 2.75) is 13.0 Å². The number of hydrogen-bond donors (Lipinski definition) is 1. The Balaban J connectivity index is 2.24. The maximum atomic E-state index is 9.01. The minimum absolute atomic E-state index is 0.371. The molecule has 0 aromatic heterocycles. The first-order chi connectivity index (χ1) is 9.13. The Kier molecular flexibility index (Phi) is 4.41. The predicted molar refractivity (Wildman–Crippen MR) is 78.0 cm³/mol. The van der Waals surface area contributed by atoms with Crippen molar-refractivity contribution < 1.29 is 0 Å². The van der Waals surface area contributed by atoms with Gasteiger partial charge in [-0.1, -0.05) is 13.0 Å². The monoisotopic (exact) mass is 258 g/mol. The number of likely N-dealkylation sites (N-methyl/N-ethyl adjacent to an activating group) is 1. The molecular weight excluding hydrogens is 236 g/mol. The molecule has 1 saturated heterocycles. The van der Waals surface area contributed by atoms with Gasteiger partial charge in [-0.3, -0.25) is 0 Å². The highest BCUT2D eigenvalue weighted by atomic mass is 15.2. The molecule has 1 aromatic carbocycles. The average Bonchev–Trinajstić information content (AvgIpc) is 2.56. The number of nitriles is 1. The van der Waals surface area contributed by atoms with Crippen molar-refractivity contribution in [1.29, 1.82) is 5.26 Å². The summed E-state index contributed by atoms with van der Waals surface area (Å²) in [6.07, 6.45) is 0. The Labute approximate surface area is 115 Å². The van der Waals surface area contributed by atoms with Gasteiger partial charge in [0.15, 0.2) is 0 Å². The molecule has 0 radical (unpaired) electrons. The molecule has 0 bridgehead atoms. The summed E-state index contributed by atoms with van der Waals surface area (Å²) >= 11 is 0. The van der Waals surface area contributed by atoms with Gasteiger partial charge in [-0.25, -0.2) is 0 Å². The van der Waals surface area contributed by atoms with Crippen LogP contribution in [-0.2, 0) is 0 Å². The molecule has 0 aliphatic carbocycles. The summed E-state index contributed by atoms with van der Waals surface area (Å²) < 4.78 is 0. The summed E-state index contributed by atoms with van der Waals surface area (Å²) in [5.74, 6) is 0.590. The van der Waals surface area contributed by atoms with E-state index in [1.165, 1.54) is 0 Å². The summed E-state index contributed by atoms with van der Waals surface area (Å²) in [6, 6.07) is 10.4. The second kappa shape index (κ2) is 6.05. The van der Waals surface area contributed by atoms with Gasteiger partial charge in [0.2, 0.25) is 0 Å². The van der Waals surface area contributed by atoms with Crippen molar-refractivity contribution in [2.24, 2.45) is 11.7 Å². The number of nitrogens with two attached hydrogens (primary N) is 1. The standard InChI is InChI=1S/C15H22N4/c1-12-9-18(2)15(8-17)11-19(10-12)14-5-3-4-13(6-14)7-16/h3-6,12,15H,8-11,17H2,1-2H3. The molecule has 4 nitrogen and oxygen atoms in total. The number of rotatable bonds is 2. The van der Waals surface area contributed by atoms with Crippen molar-refractivity contribution in [2.75, 3.05) is 38.1 Å². The van der Waals surface area contributed by atoms with Crippen LogP contribution in [0, 0.1) is 17.2 Å². The van der Waals surface area contributed by atoms with Crippen LogP contribution in [0.2, 0.25) is 0 Å². The quantitative estimate of drug-likeness (QED) is 0.868. The largest absolute Gasteiger partial charge is 0.370 e. The zero-order valence-corrected chi connectivity index (χ0v) is 11.7. The summed E-state index contributed by atoms with van der Waals surface area (Å²) in [5, 5.41) is 9.01. The number of anilines is 1. The summed E-state index contributed by atoms with van der Waals surface area (Å²) in [6.45, 7) is 5.92. The van der Waals surface area contributed by atoms with Crippen molar-refractivity contribution in [1.82, 2.24) is 4.90 Å². The normalized spacial score (nSPS) is 24.8. The van der Waals surface area contributed by atoms with Crippen LogP contribution in [0.15, 0.2) is 24.3 Å². The summed E-state index contributed by atoms with van der Waals surface area (Å²) in [4.78, 5) is 4.70.